The van der Waals surface area contributed by atoms with Crippen LogP contribution in [0.1, 0.15) is 24.0 Å². The second kappa shape index (κ2) is 7.77. The molecule has 8 heteroatoms. The van der Waals surface area contributed by atoms with Crippen molar-refractivity contribution in [3.63, 3.8) is 0 Å². The minimum Gasteiger partial charge on any atom is -0.474 e. The maximum absolute atomic E-state index is 12.7. The fourth-order valence-electron chi connectivity index (χ4n) is 3.56. The van der Waals surface area contributed by atoms with Crippen LogP contribution in [0.15, 0.2) is 48.8 Å². The Balaban J connectivity index is 1.30. The van der Waals surface area contributed by atoms with Gasteiger partial charge in [-0.25, -0.2) is 4.98 Å². The van der Waals surface area contributed by atoms with E-state index >= 15 is 0 Å². The van der Waals surface area contributed by atoms with Gasteiger partial charge in [-0.3, -0.25) is 4.79 Å². The molecule has 3 heterocycles. The first-order valence-electron chi connectivity index (χ1n) is 9.43. The normalized spacial score (nSPS) is 15.6. The summed E-state index contributed by atoms with van der Waals surface area (Å²) in [5.74, 6) is 0.224. The number of amides is 1. The fourth-order valence-corrected chi connectivity index (χ4v) is 3.56. The molecule has 0 spiro atoms. The molecule has 29 heavy (non-hydrogen) atoms. The molecule has 0 bridgehead atoms. The highest BCUT2D eigenvalue weighted by molar-refractivity contribution is 5.88. The Morgan fingerprint density at radius 2 is 1.93 bits per heavy atom. The third kappa shape index (κ3) is 4.36. The molecule has 2 aromatic heterocycles. The van der Waals surface area contributed by atoms with Crippen molar-refractivity contribution in [3.8, 4) is 5.88 Å². The molecule has 3 aromatic rings. The van der Waals surface area contributed by atoms with Crippen molar-refractivity contribution in [2.45, 2.75) is 31.5 Å². The van der Waals surface area contributed by atoms with Gasteiger partial charge in [0, 0.05) is 55.3 Å². The van der Waals surface area contributed by atoms with Crippen LogP contribution in [0.5, 0.6) is 5.88 Å². The lowest BCUT2D eigenvalue weighted by molar-refractivity contribution is -0.137. The molecule has 1 aromatic carbocycles. The Morgan fingerprint density at radius 1 is 1.17 bits per heavy atom. The number of rotatable bonds is 4. The van der Waals surface area contributed by atoms with E-state index in [4.69, 9.17) is 4.74 Å². The van der Waals surface area contributed by atoms with Gasteiger partial charge in [0.05, 0.1) is 12.0 Å². The summed E-state index contributed by atoms with van der Waals surface area (Å²) in [6, 6.07) is 10.1. The number of H-pyrrole nitrogens is 1. The summed E-state index contributed by atoms with van der Waals surface area (Å²) in [4.78, 5) is 21.4. The quantitative estimate of drug-likeness (QED) is 0.711. The molecule has 0 unspecified atom stereocenters. The molecule has 1 aliphatic rings. The molecule has 1 amide bonds. The lowest BCUT2D eigenvalue weighted by Crippen LogP contribution is -2.42. The van der Waals surface area contributed by atoms with Gasteiger partial charge in [-0.05, 0) is 17.7 Å². The highest BCUT2D eigenvalue weighted by Gasteiger charge is 2.31. The maximum Gasteiger partial charge on any atom is 0.417 e. The molecule has 152 valence electrons. The van der Waals surface area contributed by atoms with Gasteiger partial charge in [-0.1, -0.05) is 18.2 Å². The molecular weight excluding hydrogens is 383 g/mol. The average molecular weight is 403 g/mol. The van der Waals surface area contributed by atoms with Crippen LogP contribution in [-0.2, 0) is 17.4 Å². The number of likely N-dealkylation sites (tertiary alicyclic amines) is 1. The van der Waals surface area contributed by atoms with Crippen LogP contribution in [0.4, 0.5) is 13.2 Å². The lowest BCUT2D eigenvalue weighted by atomic mass is 10.1. The van der Waals surface area contributed by atoms with E-state index in [1.807, 2.05) is 35.4 Å². The maximum atomic E-state index is 12.7. The Hall–Kier alpha value is -3.03. The average Bonchev–Trinajstić information content (AvgIpc) is 3.11. The van der Waals surface area contributed by atoms with Crippen LogP contribution in [0.2, 0.25) is 0 Å². The highest BCUT2D eigenvalue weighted by Crippen LogP contribution is 2.29. The largest absolute Gasteiger partial charge is 0.474 e. The van der Waals surface area contributed by atoms with Crippen LogP contribution in [0.25, 0.3) is 10.9 Å². The third-order valence-corrected chi connectivity index (χ3v) is 5.16. The van der Waals surface area contributed by atoms with Gasteiger partial charge in [0.25, 0.3) is 0 Å². The fraction of sp³-hybridized carbons (Fsp3) is 0.333. The number of nitrogens with zero attached hydrogens (tertiary/aromatic N) is 2. The van der Waals surface area contributed by atoms with Crippen molar-refractivity contribution in [1.29, 1.82) is 0 Å². The predicted octanol–water partition coefficient (Wildman–Crippen LogP) is 4.19. The van der Waals surface area contributed by atoms with E-state index in [-0.39, 0.29) is 17.9 Å². The Bertz CT molecular complexity index is 990. The summed E-state index contributed by atoms with van der Waals surface area (Å²) < 4.78 is 43.5. The van der Waals surface area contributed by atoms with Gasteiger partial charge in [0.1, 0.15) is 6.10 Å². The van der Waals surface area contributed by atoms with Gasteiger partial charge >= 0.3 is 6.18 Å². The van der Waals surface area contributed by atoms with Crippen molar-refractivity contribution < 1.29 is 22.7 Å². The molecule has 0 aliphatic carbocycles. The van der Waals surface area contributed by atoms with Gasteiger partial charge in [-0.2, -0.15) is 13.2 Å². The first-order valence-corrected chi connectivity index (χ1v) is 9.43. The van der Waals surface area contributed by atoms with Crippen molar-refractivity contribution in [3.05, 3.63) is 59.9 Å². The topological polar surface area (TPSA) is 58.2 Å². The Morgan fingerprint density at radius 3 is 2.62 bits per heavy atom. The number of piperidine rings is 1. The molecule has 1 N–H and O–H groups in total. The van der Waals surface area contributed by atoms with E-state index in [0.717, 1.165) is 28.7 Å². The van der Waals surface area contributed by atoms with E-state index in [9.17, 15) is 18.0 Å². The Kier molecular flexibility index (Phi) is 5.17. The van der Waals surface area contributed by atoms with Crippen LogP contribution >= 0.6 is 0 Å². The number of ether oxygens (including phenoxy) is 1. The van der Waals surface area contributed by atoms with Crippen molar-refractivity contribution in [2.24, 2.45) is 0 Å². The van der Waals surface area contributed by atoms with Gasteiger partial charge in [0.15, 0.2) is 0 Å². The summed E-state index contributed by atoms with van der Waals surface area (Å²) in [5.41, 5.74) is 1.17. The molecule has 4 rings (SSSR count). The number of aromatic nitrogens is 2. The summed E-state index contributed by atoms with van der Waals surface area (Å²) in [5, 5.41) is 1.05. The molecule has 0 saturated carbocycles. The van der Waals surface area contributed by atoms with E-state index in [1.165, 1.54) is 6.07 Å². The van der Waals surface area contributed by atoms with E-state index in [1.54, 1.807) is 0 Å². The SMILES string of the molecule is O=C(Cc1c[nH]c2ccccc12)N1CCC(Oc2ccc(C(F)(F)F)cn2)CC1. The number of aromatic amines is 1. The number of pyridine rings is 1. The van der Waals surface area contributed by atoms with Gasteiger partial charge in [0.2, 0.25) is 11.8 Å². The first-order chi connectivity index (χ1) is 13.9. The zero-order chi connectivity index (χ0) is 20.4. The standard InChI is InChI=1S/C21H20F3N3O2/c22-21(23,24)15-5-6-19(26-13-15)29-16-7-9-27(10-8-16)20(28)11-14-12-25-18-4-2-1-3-17(14)18/h1-6,12-13,16,25H,7-11H2. The van der Waals surface area contributed by atoms with Gasteiger partial charge in [-0.15, -0.1) is 0 Å². The Labute approximate surface area is 165 Å². The predicted molar refractivity (Wildman–Crippen MR) is 101 cm³/mol. The molecule has 1 aliphatic heterocycles. The number of alkyl halides is 3. The number of halogens is 3. The van der Waals surface area contributed by atoms with E-state index in [0.29, 0.717) is 32.4 Å². The van der Waals surface area contributed by atoms with Crippen molar-refractivity contribution >= 4 is 16.8 Å². The third-order valence-electron chi connectivity index (χ3n) is 5.16. The summed E-state index contributed by atoms with van der Waals surface area (Å²) in [7, 11) is 0. The summed E-state index contributed by atoms with van der Waals surface area (Å²) >= 11 is 0. The minimum atomic E-state index is -4.41. The number of fused-ring (bicyclic) bond motifs is 1. The minimum absolute atomic E-state index is 0.0564. The van der Waals surface area contributed by atoms with Crippen LogP contribution < -0.4 is 4.74 Å². The number of hydrogen-bond acceptors (Lipinski definition) is 3. The summed E-state index contributed by atoms with van der Waals surface area (Å²) in [6.45, 7) is 1.10. The second-order valence-corrected chi connectivity index (χ2v) is 7.12. The monoisotopic (exact) mass is 403 g/mol. The molecule has 0 radical (unpaired) electrons. The van der Waals surface area contributed by atoms with Crippen molar-refractivity contribution in [1.82, 2.24) is 14.9 Å². The number of benzene rings is 1. The van der Waals surface area contributed by atoms with Crippen molar-refractivity contribution in [2.75, 3.05) is 13.1 Å². The lowest BCUT2D eigenvalue weighted by Gasteiger charge is -2.32. The number of hydrogen-bond donors (Lipinski definition) is 1. The van der Waals surface area contributed by atoms with Gasteiger partial charge < -0.3 is 14.6 Å². The number of carbonyl (C=O) groups excluding carboxylic acids is 1. The molecule has 1 fully saturated rings. The highest BCUT2D eigenvalue weighted by atomic mass is 19.4. The molecule has 1 saturated heterocycles. The number of nitrogens with one attached hydrogen (secondary N) is 1. The zero-order valence-corrected chi connectivity index (χ0v) is 15.6. The number of carbonyl (C=O) groups is 1. The second-order valence-electron chi connectivity index (χ2n) is 7.12. The van der Waals surface area contributed by atoms with E-state index in [2.05, 4.69) is 9.97 Å². The smallest absolute Gasteiger partial charge is 0.417 e. The summed E-state index contributed by atoms with van der Waals surface area (Å²) in [6.07, 6.45) is -0.386. The van der Waals surface area contributed by atoms with Crippen LogP contribution in [-0.4, -0.2) is 40.0 Å². The molecule has 0 atom stereocenters. The molecular formula is C21H20F3N3O2. The zero-order valence-electron chi connectivity index (χ0n) is 15.6. The first kappa shape index (κ1) is 19.3. The van der Waals surface area contributed by atoms with Crippen LogP contribution in [0.3, 0.4) is 0 Å². The number of para-hydroxylation sites is 1. The molecule has 5 nitrogen and oxygen atoms in total. The van der Waals surface area contributed by atoms with Crippen LogP contribution in [0, 0.1) is 0 Å². The van der Waals surface area contributed by atoms with E-state index < -0.39 is 11.7 Å².